The van der Waals surface area contributed by atoms with E-state index in [-0.39, 0.29) is 23.3 Å². The second-order valence-electron chi connectivity index (χ2n) is 4.51. The molecule has 7 heteroatoms. The minimum absolute atomic E-state index is 0.00215. The number of nitrogens with one attached hydrogen (secondary N) is 1. The van der Waals surface area contributed by atoms with Gasteiger partial charge in [-0.25, -0.2) is 13.2 Å². The number of benzene rings is 1. The van der Waals surface area contributed by atoms with Crippen molar-refractivity contribution >= 4 is 21.6 Å². The highest BCUT2D eigenvalue weighted by Crippen LogP contribution is 2.21. The van der Waals surface area contributed by atoms with Crippen molar-refractivity contribution in [2.24, 2.45) is 5.73 Å². The van der Waals surface area contributed by atoms with E-state index >= 15 is 0 Å². The fraction of sp³-hybridized carbons (Fsp3) is 0.462. The highest BCUT2D eigenvalue weighted by molar-refractivity contribution is 7.91. The molecule has 0 spiro atoms. The lowest BCUT2D eigenvalue weighted by Gasteiger charge is -2.12. The first-order chi connectivity index (χ1) is 9.30. The van der Waals surface area contributed by atoms with Crippen molar-refractivity contribution < 1.29 is 17.9 Å². The molecule has 0 radical (unpaired) electrons. The predicted octanol–water partition coefficient (Wildman–Crippen LogP) is 1.90. The van der Waals surface area contributed by atoms with Crippen molar-refractivity contribution in [3.05, 3.63) is 23.8 Å². The van der Waals surface area contributed by atoms with Crippen molar-refractivity contribution in [1.29, 1.82) is 0 Å². The Balaban J connectivity index is 3.02. The largest absolute Gasteiger partial charge is 0.447 e. The third kappa shape index (κ3) is 4.21. The van der Waals surface area contributed by atoms with Crippen molar-refractivity contribution in [3.63, 3.8) is 0 Å². The Kier molecular flexibility index (Phi) is 5.52. The van der Waals surface area contributed by atoms with E-state index in [0.717, 1.165) is 0 Å². The number of hydrogen-bond acceptors (Lipinski definition) is 5. The van der Waals surface area contributed by atoms with E-state index < -0.39 is 15.9 Å². The molecule has 0 aliphatic rings. The molecule has 0 atom stereocenters. The topological polar surface area (TPSA) is 98.5 Å². The Morgan fingerprint density at radius 3 is 2.55 bits per heavy atom. The second-order valence-corrected chi connectivity index (χ2v) is 6.76. The summed E-state index contributed by atoms with van der Waals surface area (Å²) in [4.78, 5) is 11.7. The van der Waals surface area contributed by atoms with E-state index in [1.54, 1.807) is 26.8 Å². The van der Waals surface area contributed by atoms with Gasteiger partial charge in [-0.1, -0.05) is 6.92 Å². The van der Waals surface area contributed by atoms with Gasteiger partial charge < -0.3 is 10.5 Å². The smallest absolute Gasteiger partial charge is 0.411 e. The zero-order valence-corrected chi connectivity index (χ0v) is 12.7. The number of ether oxygens (including phenoxy) is 1. The normalized spacial score (nSPS) is 11.4. The average molecular weight is 300 g/mol. The molecule has 1 amide bonds. The van der Waals surface area contributed by atoms with Crippen molar-refractivity contribution in [2.45, 2.75) is 38.3 Å². The van der Waals surface area contributed by atoms with Crippen LogP contribution >= 0.6 is 0 Å². The highest BCUT2D eigenvalue weighted by Gasteiger charge is 2.17. The van der Waals surface area contributed by atoms with Gasteiger partial charge in [0, 0.05) is 12.2 Å². The van der Waals surface area contributed by atoms with Gasteiger partial charge in [-0.15, -0.1) is 0 Å². The number of sulfone groups is 1. The van der Waals surface area contributed by atoms with Gasteiger partial charge in [-0.2, -0.15) is 0 Å². The fourth-order valence-electron chi connectivity index (χ4n) is 1.64. The molecule has 0 saturated carbocycles. The maximum atomic E-state index is 11.9. The Labute approximate surface area is 119 Å². The number of rotatable bonds is 5. The van der Waals surface area contributed by atoms with E-state index in [4.69, 9.17) is 10.5 Å². The molecular weight excluding hydrogens is 280 g/mol. The average Bonchev–Trinajstić information content (AvgIpc) is 2.37. The minimum Gasteiger partial charge on any atom is -0.447 e. The van der Waals surface area contributed by atoms with Crippen molar-refractivity contribution in [1.82, 2.24) is 0 Å². The van der Waals surface area contributed by atoms with E-state index in [2.05, 4.69) is 5.32 Å². The summed E-state index contributed by atoms with van der Waals surface area (Å²) in [5.41, 5.74) is 6.49. The third-order valence-corrected chi connectivity index (χ3v) is 4.41. The second kappa shape index (κ2) is 6.71. The Morgan fingerprint density at radius 1 is 1.40 bits per heavy atom. The molecule has 0 heterocycles. The summed E-state index contributed by atoms with van der Waals surface area (Å²) in [5.74, 6) is 0.00215. The monoisotopic (exact) mass is 300 g/mol. The third-order valence-electron chi connectivity index (χ3n) is 2.58. The van der Waals surface area contributed by atoms with Crippen LogP contribution in [0.25, 0.3) is 0 Å². The molecule has 0 aromatic heterocycles. The molecule has 0 aliphatic carbocycles. The van der Waals surface area contributed by atoms with Crippen LogP contribution in [0, 0.1) is 0 Å². The first-order valence-electron chi connectivity index (χ1n) is 6.33. The minimum atomic E-state index is -3.33. The Bertz CT molecular complexity index is 582. The van der Waals surface area contributed by atoms with E-state index in [1.807, 2.05) is 0 Å². The SMILES string of the molecule is CCS(=O)(=O)c1ccc(NC(=O)OC(C)C)cc1CN. The molecule has 0 fully saturated rings. The van der Waals surface area contributed by atoms with Gasteiger partial charge in [-0.05, 0) is 37.6 Å². The first kappa shape index (κ1) is 16.5. The van der Waals surface area contributed by atoms with Crippen LogP contribution < -0.4 is 11.1 Å². The van der Waals surface area contributed by atoms with E-state index in [9.17, 15) is 13.2 Å². The quantitative estimate of drug-likeness (QED) is 0.865. The molecule has 0 bridgehead atoms. The van der Waals surface area contributed by atoms with Crippen LogP contribution in [-0.4, -0.2) is 26.4 Å². The first-order valence-corrected chi connectivity index (χ1v) is 7.98. The standard InChI is InChI=1S/C13H20N2O4S/c1-4-20(17,18)12-6-5-11(7-10(12)8-14)15-13(16)19-9(2)3/h5-7,9H,4,8,14H2,1-3H3,(H,15,16). The number of amides is 1. The van der Waals surface area contributed by atoms with Gasteiger partial charge >= 0.3 is 6.09 Å². The molecule has 6 nitrogen and oxygen atoms in total. The molecular formula is C13H20N2O4S. The number of hydrogen-bond donors (Lipinski definition) is 2. The molecule has 0 aliphatic heterocycles. The van der Waals surface area contributed by atoms with Gasteiger partial charge in [0.05, 0.1) is 16.8 Å². The maximum absolute atomic E-state index is 11.9. The highest BCUT2D eigenvalue weighted by atomic mass is 32.2. The summed E-state index contributed by atoms with van der Waals surface area (Å²) in [5, 5.41) is 2.53. The van der Waals surface area contributed by atoms with E-state index in [1.165, 1.54) is 12.1 Å². The number of carbonyl (C=O) groups is 1. The molecule has 112 valence electrons. The van der Waals surface area contributed by atoms with Crippen LogP contribution in [0.3, 0.4) is 0 Å². The van der Waals surface area contributed by atoms with Crippen LogP contribution in [0.1, 0.15) is 26.3 Å². The van der Waals surface area contributed by atoms with Crippen LogP contribution in [0.15, 0.2) is 23.1 Å². The van der Waals surface area contributed by atoms with Gasteiger partial charge in [0.15, 0.2) is 9.84 Å². The summed E-state index contributed by atoms with van der Waals surface area (Å²) in [6.07, 6.45) is -0.821. The van der Waals surface area contributed by atoms with Crippen LogP contribution in [-0.2, 0) is 21.1 Å². The molecule has 0 saturated heterocycles. The zero-order valence-electron chi connectivity index (χ0n) is 11.8. The van der Waals surface area contributed by atoms with E-state index in [0.29, 0.717) is 11.3 Å². The Morgan fingerprint density at radius 2 is 2.05 bits per heavy atom. The summed E-state index contributed by atoms with van der Waals surface area (Å²) in [7, 11) is -3.33. The number of carbonyl (C=O) groups excluding carboxylic acids is 1. The van der Waals surface area contributed by atoms with Crippen molar-refractivity contribution in [2.75, 3.05) is 11.1 Å². The number of anilines is 1. The molecule has 1 aromatic carbocycles. The molecule has 1 aromatic rings. The van der Waals surface area contributed by atoms with Crippen LogP contribution in [0.2, 0.25) is 0 Å². The molecule has 20 heavy (non-hydrogen) atoms. The van der Waals surface area contributed by atoms with Crippen molar-refractivity contribution in [3.8, 4) is 0 Å². The van der Waals surface area contributed by atoms with Crippen LogP contribution in [0.4, 0.5) is 10.5 Å². The lowest BCUT2D eigenvalue weighted by molar-refractivity contribution is 0.130. The molecule has 1 rings (SSSR count). The van der Waals surface area contributed by atoms with Crippen LogP contribution in [0.5, 0.6) is 0 Å². The lowest BCUT2D eigenvalue weighted by Crippen LogP contribution is -2.18. The Hall–Kier alpha value is -1.60. The zero-order chi connectivity index (χ0) is 15.3. The fourth-order valence-corrected chi connectivity index (χ4v) is 2.77. The van der Waals surface area contributed by atoms with Gasteiger partial charge in [0.25, 0.3) is 0 Å². The molecule has 0 unspecified atom stereocenters. The van der Waals surface area contributed by atoms with Gasteiger partial charge in [0.2, 0.25) is 0 Å². The summed E-state index contributed by atoms with van der Waals surface area (Å²) < 4.78 is 28.7. The van der Waals surface area contributed by atoms with Gasteiger partial charge in [0.1, 0.15) is 0 Å². The summed E-state index contributed by atoms with van der Waals surface area (Å²) in [6.45, 7) is 5.12. The number of nitrogens with two attached hydrogens (primary N) is 1. The summed E-state index contributed by atoms with van der Waals surface area (Å²) in [6, 6.07) is 4.51. The summed E-state index contributed by atoms with van der Waals surface area (Å²) >= 11 is 0. The maximum Gasteiger partial charge on any atom is 0.411 e. The lowest BCUT2D eigenvalue weighted by atomic mass is 10.2. The molecule has 3 N–H and O–H groups in total. The predicted molar refractivity (Wildman–Crippen MR) is 77.3 cm³/mol. The van der Waals surface area contributed by atoms with Gasteiger partial charge in [-0.3, -0.25) is 5.32 Å².